The molecule has 2 saturated heterocycles. The summed E-state index contributed by atoms with van der Waals surface area (Å²) in [7, 11) is 0. The molecule has 0 bridgehead atoms. The van der Waals surface area contributed by atoms with Gasteiger partial charge in [0, 0.05) is 80.0 Å². The van der Waals surface area contributed by atoms with E-state index in [2.05, 4.69) is 20.5 Å². The minimum atomic E-state index is -4.50. The van der Waals surface area contributed by atoms with Gasteiger partial charge in [-0.2, -0.15) is 13.2 Å². The molecule has 0 unspecified atom stereocenters. The van der Waals surface area contributed by atoms with Crippen molar-refractivity contribution in [2.75, 3.05) is 49.5 Å². The van der Waals surface area contributed by atoms with Gasteiger partial charge in [-0.1, -0.05) is 18.2 Å². The van der Waals surface area contributed by atoms with Crippen LogP contribution in [0.5, 0.6) is 0 Å². The first-order chi connectivity index (χ1) is 27.1. The van der Waals surface area contributed by atoms with Crippen molar-refractivity contribution >= 4 is 35.2 Å². The summed E-state index contributed by atoms with van der Waals surface area (Å²) < 4.78 is 45.2. The molecule has 11 nitrogen and oxygen atoms in total. The first-order valence-corrected chi connectivity index (χ1v) is 19.1. The number of pyridine rings is 1. The standard InChI is InChI=1S/C43H47F3N6O5/c1-42(2,3)57-41(56)52-21-9-20-51(22-23-52)40(55)32-12-8-11-30(25-32)39(54)49-36-15-14-34(50-18-5-4-6-19-50)27-35(36)37-26-31(16-17-47-37)38(53)48-28-29-10-7-13-33(24-29)43(44,45)46/h7-8,10-17,24-27H,4-6,9,18-23,28H2,1-3H3,(H,48,53)(H,49,54). The van der Waals surface area contributed by atoms with Crippen molar-refractivity contribution in [1.82, 2.24) is 20.1 Å². The Kier molecular flexibility index (Phi) is 12.5. The van der Waals surface area contributed by atoms with Crippen molar-refractivity contribution in [2.45, 2.75) is 64.8 Å². The topological polar surface area (TPSA) is 124 Å². The van der Waals surface area contributed by atoms with Crippen molar-refractivity contribution in [3.05, 3.63) is 113 Å². The van der Waals surface area contributed by atoms with E-state index >= 15 is 0 Å². The second-order valence-corrected chi connectivity index (χ2v) is 15.2. The van der Waals surface area contributed by atoms with Crippen LogP contribution in [0.1, 0.15) is 88.7 Å². The number of nitrogens with one attached hydrogen (secondary N) is 2. The highest BCUT2D eigenvalue weighted by Gasteiger charge is 2.30. The fraction of sp³-hybridized carbons (Fsp3) is 0.372. The van der Waals surface area contributed by atoms with Gasteiger partial charge >= 0.3 is 12.3 Å². The summed E-state index contributed by atoms with van der Waals surface area (Å²) in [6, 6.07) is 20.0. The Hall–Kier alpha value is -5.92. The predicted octanol–water partition coefficient (Wildman–Crippen LogP) is 8.02. The summed E-state index contributed by atoms with van der Waals surface area (Å²) >= 11 is 0. The van der Waals surface area contributed by atoms with Crippen LogP contribution in [-0.2, 0) is 17.5 Å². The number of benzene rings is 3. The van der Waals surface area contributed by atoms with Crippen LogP contribution >= 0.6 is 0 Å². The maximum absolute atomic E-state index is 13.8. The van der Waals surface area contributed by atoms with E-state index in [1.807, 2.05) is 12.1 Å². The number of carbonyl (C=O) groups is 4. The van der Waals surface area contributed by atoms with Crippen molar-refractivity contribution < 1.29 is 37.1 Å². The van der Waals surface area contributed by atoms with E-state index in [0.717, 1.165) is 50.2 Å². The zero-order valence-electron chi connectivity index (χ0n) is 32.3. The third kappa shape index (κ3) is 10.7. The molecule has 4 amide bonds. The number of aromatic nitrogens is 1. The molecule has 2 aliphatic rings. The van der Waals surface area contributed by atoms with Gasteiger partial charge in [0.1, 0.15) is 5.60 Å². The Labute approximate surface area is 330 Å². The summed E-state index contributed by atoms with van der Waals surface area (Å²) in [5.41, 5.74) is 2.02. The van der Waals surface area contributed by atoms with Crippen LogP contribution < -0.4 is 15.5 Å². The van der Waals surface area contributed by atoms with Crippen LogP contribution in [0.2, 0.25) is 0 Å². The van der Waals surface area contributed by atoms with Crippen LogP contribution in [-0.4, -0.2) is 83.5 Å². The number of halogens is 3. The molecule has 4 aromatic rings. The number of piperidine rings is 1. The summed E-state index contributed by atoms with van der Waals surface area (Å²) in [6.07, 6.45) is 0.354. The number of hydrogen-bond donors (Lipinski definition) is 2. The smallest absolute Gasteiger partial charge is 0.416 e. The summed E-state index contributed by atoms with van der Waals surface area (Å²) in [6.45, 7) is 8.58. The molecule has 2 fully saturated rings. The maximum atomic E-state index is 13.8. The van der Waals surface area contributed by atoms with Gasteiger partial charge in [-0.15, -0.1) is 0 Å². The third-order valence-electron chi connectivity index (χ3n) is 9.78. The van der Waals surface area contributed by atoms with E-state index in [1.165, 1.54) is 24.4 Å². The van der Waals surface area contributed by atoms with Crippen LogP contribution in [0.3, 0.4) is 0 Å². The number of anilines is 2. The van der Waals surface area contributed by atoms with Crippen molar-refractivity contribution in [3.63, 3.8) is 0 Å². The van der Waals surface area contributed by atoms with Gasteiger partial charge in [0.05, 0.1) is 16.9 Å². The molecule has 2 N–H and O–H groups in total. The van der Waals surface area contributed by atoms with Gasteiger partial charge in [0.2, 0.25) is 0 Å². The van der Waals surface area contributed by atoms with E-state index in [-0.39, 0.29) is 23.6 Å². The van der Waals surface area contributed by atoms with Gasteiger partial charge in [0.15, 0.2) is 0 Å². The number of ether oxygens (including phenoxy) is 1. The highest BCUT2D eigenvalue weighted by atomic mass is 19.4. The molecule has 3 aromatic carbocycles. The fourth-order valence-electron chi connectivity index (χ4n) is 6.86. The molecule has 3 heterocycles. The van der Waals surface area contributed by atoms with Crippen LogP contribution in [0.15, 0.2) is 85.1 Å². The highest BCUT2D eigenvalue weighted by Crippen LogP contribution is 2.34. The Morgan fingerprint density at radius 2 is 1.42 bits per heavy atom. The molecular formula is C43H47F3N6O5. The zero-order valence-corrected chi connectivity index (χ0v) is 32.3. The zero-order chi connectivity index (χ0) is 40.7. The highest BCUT2D eigenvalue weighted by molar-refractivity contribution is 6.08. The number of alkyl halides is 3. The van der Waals surface area contributed by atoms with Crippen molar-refractivity contribution in [1.29, 1.82) is 0 Å². The molecular weight excluding hydrogens is 738 g/mol. The molecule has 1 aromatic heterocycles. The number of nitrogens with zero attached hydrogens (tertiary/aromatic N) is 4. The molecule has 0 radical (unpaired) electrons. The van der Waals surface area contributed by atoms with Crippen molar-refractivity contribution in [2.24, 2.45) is 0 Å². The Morgan fingerprint density at radius 3 is 2.18 bits per heavy atom. The van der Waals surface area contributed by atoms with Crippen LogP contribution in [0.25, 0.3) is 11.3 Å². The Bertz CT molecular complexity index is 2110. The average molecular weight is 785 g/mol. The summed E-state index contributed by atoms with van der Waals surface area (Å²) in [5, 5.41) is 5.68. The normalized spacial score (nSPS) is 15.1. The minimum absolute atomic E-state index is 0.115. The van der Waals surface area contributed by atoms with Gasteiger partial charge in [-0.3, -0.25) is 19.4 Å². The fourth-order valence-corrected chi connectivity index (χ4v) is 6.86. The van der Waals surface area contributed by atoms with E-state index in [4.69, 9.17) is 4.74 Å². The molecule has 0 atom stereocenters. The molecule has 0 aliphatic carbocycles. The lowest BCUT2D eigenvalue weighted by molar-refractivity contribution is -0.137. The second-order valence-electron chi connectivity index (χ2n) is 15.2. The van der Waals surface area contributed by atoms with Crippen LogP contribution in [0.4, 0.5) is 29.3 Å². The first-order valence-electron chi connectivity index (χ1n) is 19.1. The van der Waals surface area contributed by atoms with Crippen LogP contribution in [0, 0.1) is 0 Å². The SMILES string of the molecule is CC(C)(C)OC(=O)N1CCCN(C(=O)c2cccc(C(=O)Nc3ccc(N4CCCCC4)cc3-c3cc(C(=O)NCc4cccc(C(F)(F)F)c4)ccn3)c2)CC1. The van der Waals surface area contributed by atoms with E-state index in [1.54, 1.807) is 67.0 Å². The number of carbonyl (C=O) groups excluding carboxylic acids is 4. The maximum Gasteiger partial charge on any atom is 0.416 e. The number of amides is 4. The lowest BCUT2D eigenvalue weighted by atomic mass is 10.0. The minimum Gasteiger partial charge on any atom is -0.444 e. The van der Waals surface area contributed by atoms with E-state index in [0.29, 0.717) is 60.7 Å². The van der Waals surface area contributed by atoms with E-state index < -0.39 is 35.2 Å². The molecule has 300 valence electrons. The Morgan fingerprint density at radius 1 is 0.719 bits per heavy atom. The van der Waals surface area contributed by atoms with Gasteiger partial charge in [-0.05, 0) is 113 Å². The number of hydrogen-bond acceptors (Lipinski definition) is 7. The molecule has 14 heteroatoms. The van der Waals surface area contributed by atoms with Gasteiger partial charge in [0.25, 0.3) is 17.7 Å². The first kappa shape index (κ1) is 40.7. The summed E-state index contributed by atoms with van der Waals surface area (Å²) in [4.78, 5) is 63.5. The molecule has 0 spiro atoms. The molecule has 2 aliphatic heterocycles. The molecule has 57 heavy (non-hydrogen) atoms. The largest absolute Gasteiger partial charge is 0.444 e. The van der Waals surface area contributed by atoms with Gasteiger partial charge in [-0.25, -0.2) is 4.79 Å². The quantitative estimate of drug-likeness (QED) is 0.186. The predicted molar refractivity (Wildman–Crippen MR) is 211 cm³/mol. The summed E-state index contributed by atoms with van der Waals surface area (Å²) in [5.74, 6) is -1.22. The lowest BCUT2D eigenvalue weighted by Crippen LogP contribution is -2.40. The average Bonchev–Trinajstić information content (AvgIpc) is 3.46. The molecule has 0 saturated carbocycles. The second kappa shape index (κ2) is 17.5. The molecule has 6 rings (SSSR count). The monoisotopic (exact) mass is 784 g/mol. The van der Waals surface area contributed by atoms with E-state index in [9.17, 15) is 32.3 Å². The third-order valence-corrected chi connectivity index (χ3v) is 9.78. The number of rotatable bonds is 8. The Balaban J connectivity index is 1.20. The lowest BCUT2D eigenvalue weighted by Gasteiger charge is -2.29. The van der Waals surface area contributed by atoms with Crippen molar-refractivity contribution in [3.8, 4) is 11.3 Å². The van der Waals surface area contributed by atoms with Gasteiger partial charge < -0.3 is 30.1 Å².